The van der Waals surface area contributed by atoms with Crippen molar-refractivity contribution in [3.63, 3.8) is 0 Å². The van der Waals surface area contributed by atoms with Gasteiger partial charge in [0.15, 0.2) is 6.04 Å². The first kappa shape index (κ1) is 24.5. The number of carbonyl (C=O) groups excluding carboxylic acids is 2. The lowest BCUT2D eigenvalue weighted by atomic mass is 10.0. The number of benzene rings is 2. The topological polar surface area (TPSA) is 92.3 Å². The van der Waals surface area contributed by atoms with E-state index in [-0.39, 0.29) is 24.2 Å². The molecule has 0 aromatic heterocycles. The van der Waals surface area contributed by atoms with Gasteiger partial charge >= 0.3 is 5.97 Å². The maximum Gasteiger partial charge on any atom is 0.328 e. The van der Waals surface area contributed by atoms with Crippen molar-refractivity contribution < 1.29 is 37.2 Å². The van der Waals surface area contributed by atoms with E-state index in [0.717, 1.165) is 16.9 Å². The molecule has 29 heavy (non-hydrogen) atoms. The zero-order chi connectivity index (χ0) is 20.5. The van der Waals surface area contributed by atoms with Gasteiger partial charge in [-0.05, 0) is 29.2 Å². The first-order chi connectivity index (χ1) is 13.4. The number of amides is 1. The molecule has 4 N–H and O–H groups in total. The minimum atomic E-state index is -0.671. The molecular weight excluding hydrogens is 392 g/mol. The molecule has 2 aromatic rings. The molecule has 0 aliphatic carbocycles. The molecule has 0 aliphatic rings. The minimum absolute atomic E-state index is 0. The van der Waals surface area contributed by atoms with Crippen LogP contribution in [0.5, 0.6) is 5.75 Å². The monoisotopic (exact) mass is 420 g/mol. The van der Waals surface area contributed by atoms with Crippen molar-refractivity contribution in [2.24, 2.45) is 5.92 Å². The average molecular weight is 421 g/mol. The molecule has 0 spiro atoms. The number of hydrogen-bond acceptors (Lipinski definition) is 4. The number of halogens is 1. The highest BCUT2D eigenvalue weighted by Gasteiger charge is 2.28. The third-order valence-corrected chi connectivity index (χ3v) is 4.44. The summed E-state index contributed by atoms with van der Waals surface area (Å²) >= 11 is 0. The van der Waals surface area contributed by atoms with Crippen molar-refractivity contribution >= 4 is 11.9 Å². The van der Waals surface area contributed by atoms with Crippen molar-refractivity contribution in [3.05, 3.63) is 65.7 Å². The fourth-order valence-corrected chi connectivity index (χ4v) is 2.74. The number of methoxy groups -OCH3 is 1. The van der Waals surface area contributed by atoms with Crippen LogP contribution in [0.4, 0.5) is 0 Å². The van der Waals surface area contributed by atoms with Crippen LogP contribution in [0.1, 0.15) is 25.0 Å². The summed E-state index contributed by atoms with van der Waals surface area (Å²) in [6.45, 7) is 4.22. The van der Waals surface area contributed by atoms with Gasteiger partial charge in [0.1, 0.15) is 18.4 Å². The number of ether oxygens (including phenoxy) is 2. The van der Waals surface area contributed by atoms with Crippen LogP contribution < -0.4 is 28.2 Å². The summed E-state index contributed by atoms with van der Waals surface area (Å²) in [5, 5.41) is 2.74. The van der Waals surface area contributed by atoms with Crippen molar-refractivity contribution in [2.75, 3.05) is 7.11 Å². The van der Waals surface area contributed by atoms with E-state index in [1.165, 1.54) is 7.11 Å². The van der Waals surface area contributed by atoms with E-state index in [9.17, 15) is 9.59 Å². The second kappa shape index (κ2) is 12.1. The third kappa shape index (κ3) is 7.75. The molecule has 0 heterocycles. The van der Waals surface area contributed by atoms with Crippen molar-refractivity contribution in [3.8, 4) is 5.75 Å². The maximum absolute atomic E-state index is 12.4. The standard InChI is InChI=1S/C22H28N2O4.ClH/c1-15(2)20(22(26)27-3)24-21(25)19(23)13-16-9-11-18(12-10-16)28-14-17-7-5-4-6-8-17;/h4-12,15,19-20H,13-14,23H2,1-3H3,(H,24,25);1H/t19-,20-;/m0./s1. The molecule has 0 fully saturated rings. The maximum atomic E-state index is 12.4. The van der Waals surface area contributed by atoms with Crippen LogP contribution in [0.3, 0.4) is 0 Å². The number of rotatable bonds is 9. The summed E-state index contributed by atoms with van der Waals surface area (Å²) in [4.78, 5) is 24.2. The second-order valence-electron chi connectivity index (χ2n) is 7.07. The van der Waals surface area contributed by atoms with Gasteiger partial charge < -0.3 is 32.9 Å². The Morgan fingerprint density at radius 3 is 2.17 bits per heavy atom. The Morgan fingerprint density at radius 2 is 1.62 bits per heavy atom. The molecule has 0 aliphatic heterocycles. The lowest BCUT2D eigenvalue weighted by Gasteiger charge is -2.20. The summed E-state index contributed by atoms with van der Waals surface area (Å²) in [7, 11) is 1.31. The molecular formula is C22H29ClN2O4. The van der Waals surface area contributed by atoms with Crippen molar-refractivity contribution in [2.45, 2.75) is 39.0 Å². The van der Waals surface area contributed by atoms with E-state index in [4.69, 9.17) is 9.47 Å². The van der Waals surface area contributed by atoms with E-state index in [1.54, 1.807) is 0 Å². The molecule has 1 amide bonds. The van der Waals surface area contributed by atoms with Gasteiger partial charge in [0.2, 0.25) is 0 Å². The third-order valence-electron chi connectivity index (χ3n) is 4.44. The molecule has 0 bridgehead atoms. The van der Waals surface area contributed by atoms with Gasteiger partial charge in [0, 0.05) is 6.42 Å². The molecule has 0 saturated heterocycles. The van der Waals surface area contributed by atoms with Crippen LogP contribution in [-0.4, -0.2) is 31.1 Å². The second-order valence-corrected chi connectivity index (χ2v) is 7.07. The van der Waals surface area contributed by atoms with Gasteiger partial charge in [-0.1, -0.05) is 56.3 Å². The molecule has 2 rings (SSSR count). The SMILES string of the molecule is COC(=O)[C@@H](NC(=O)[C@@H]([NH3+])Cc1ccc(OCc2ccccc2)cc1)C(C)C.[Cl-]. The Balaban J connectivity index is 0.00000420. The predicted molar refractivity (Wildman–Crippen MR) is 106 cm³/mol. The summed E-state index contributed by atoms with van der Waals surface area (Å²) in [6, 6.07) is 16.4. The van der Waals surface area contributed by atoms with Gasteiger partial charge in [-0.15, -0.1) is 0 Å². The van der Waals surface area contributed by atoms with Gasteiger partial charge in [-0.25, -0.2) is 4.79 Å². The number of quaternary nitrogens is 1. The molecule has 0 saturated carbocycles. The molecule has 0 radical (unpaired) electrons. The van der Waals surface area contributed by atoms with Gasteiger partial charge in [-0.3, -0.25) is 4.79 Å². The Labute approximate surface area is 178 Å². The molecule has 0 unspecified atom stereocenters. The lowest BCUT2D eigenvalue weighted by Crippen LogP contribution is -3.00. The minimum Gasteiger partial charge on any atom is -1.00 e. The molecule has 6 nitrogen and oxygen atoms in total. The Morgan fingerprint density at radius 1 is 1.00 bits per heavy atom. The van der Waals surface area contributed by atoms with E-state index in [1.807, 2.05) is 68.4 Å². The van der Waals surface area contributed by atoms with E-state index >= 15 is 0 Å². The van der Waals surface area contributed by atoms with E-state index in [2.05, 4.69) is 11.1 Å². The quantitative estimate of drug-likeness (QED) is 0.495. The summed E-state index contributed by atoms with van der Waals surface area (Å²) in [5.74, 6) is -0.0168. The van der Waals surface area contributed by atoms with Crippen molar-refractivity contribution in [1.82, 2.24) is 5.32 Å². The Bertz CT molecular complexity index is 766. The number of hydrogen-bond donors (Lipinski definition) is 2. The molecule has 2 aromatic carbocycles. The van der Waals surface area contributed by atoms with Gasteiger partial charge in [0.05, 0.1) is 7.11 Å². The molecule has 158 valence electrons. The van der Waals surface area contributed by atoms with Crippen LogP contribution in [0.15, 0.2) is 54.6 Å². The van der Waals surface area contributed by atoms with Crippen LogP contribution in [-0.2, 0) is 27.4 Å². The van der Waals surface area contributed by atoms with E-state index in [0.29, 0.717) is 13.0 Å². The highest BCUT2D eigenvalue weighted by Crippen LogP contribution is 2.15. The zero-order valence-corrected chi connectivity index (χ0v) is 17.8. The smallest absolute Gasteiger partial charge is 0.328 e. The zero-order valence-electron chi connectivity index (χ0n) is 17.1. The van der Waals surface area contributed by atoms with Crippen LogP contribution in [0.25, 0.3) is 0 Å². The fraction of sp³-hybridized carbons (Fsp3) is 0.364. The lowest BCUT2D eigenvalue weighted by molar-refractivity contribution is -0.403. The summed E-state index contributed by atoms with van der Waals surface area (Å²) in [5.41, 5.74) is 6.01. The van der Waals surface area contributed by atoms with Crippen LogP contribution >= 0.6 is 0 Å². The normalized spacial score (nSPS) is 12.4. The highest BCUT2D eigenvalue weighted by molar-refractivity contribution is 5.86. The Hall–Kier alpha value is -2.57. The van der Waals surface area contributed by atoms with Gasteiger partial charge in [0.25, 0.3) is 5.91 Å². The summed E-state index contributed by atoms with van der Waals surface area (Å²) in [6.07, 6.45) is 0.469. The highest BCUT2D eigenvalue weighted by atomic mass is 35.5. The first-order valence-electron chi connectivity index (χ1n) is 9.37. The fourth-order valence-electron chi connectivity index (χ4n) is 2.74. The summed E-state index contributed by atoms with van der Waals surface area (Å²) < 4.78 is 10.5. The van der Waals surface area contributed by atoms with Crippen LogP contribution in [0, 0.1) is 5.92 Å². The predicted octanol–water partition coefficient (Wildman–Crippen LogP) is -1.26. The van der Waals surface area contributed by atoms with Gasteiger partial charge in [-0.2, -0.15) is 0 Å². The van der Waals surface area contributed by atoms with Crippen molar-refractivity contribution in [1.29, 1.82) is 0 Å². The largest absolute Gasteiger partial charge is 1.00 e. The molecule has 7 heteroatoms. The number of carbonyl (C=O) groups is 2. The molecule has 2 atom stereocenters. The number of nitrogens with one attached hydrogen (secondary N) is 1. The van der Waals surface area contributed by atoms with E-state index < -0.39 is 18.1 Å². The Kier molecular flexibility index (Phi) is 10.2. The number of esters is 1. The van der Waals surface area contributed by atoms with Crippen LogP contribution in [0.2, 0.25) is 0 Å². The first-order valence-corrected chi connectivity index (χ1v) is 9.37. The average Bonchev–Trinajstić information content (AvgIpc) is 2.71.